The van der Waals surface area contributed by atoms with Crippen molar-refractivity contribution in [2.45, 2.75) is 6.61 Å². The molecule has 3 rings (SSSR count). The van der Waals surface area contributed by atoms with Crippen LogP contribution < -0.4 is 20.2 Å². The summed E-state index contributed by atoms with van der Waals surface area (Å²) in [5.41, 5.74) is 4.36. The van der Waals surface area contributed by atoms with E-state index in [4.69, 9.17) is 9.47 Å². The molecular formula is C23H21N3O4. The Hall–Kier alpha value is -4.13. The van der Waals surface area contributed by atoms with Crippen LogP contribution in [-0.4, -0.2) is 25.1 Å². The molecule has 0 radical (unpaired) electrons. The zero-order valence-corrected chi connectivity index (χ0v) is 16.4. The Bertz CT molecular complexity index is 1040. The van der Waals surface area contributed by atoms with Gasteiger partial charge in [0.25, 0.3) is 0 Å². The smallest absolute Gasteiger partial charge is 0.329 e. The number of methoxy groups -OCH3 is 1. The van der Waals surface area contributed by atoms with E-state index in [0.717, 1.165) is 5.56 Å². The van der Waals surface area contributed by atoms with Crippen LogP contribution in [0.1, 0.15) is 11.1 Å². The molecule has 0 bridgehead atoms. The first-order valence-corrected chi connectivity index (χ1v) is 9.20. The molecule has 0 aromatic heterocycles. The quantitative estimate of drug-likeness (QED) is 0.360. The molecular weight excluding hydrogens is 382 g/mol. The number of benzene rings is 3. The van der Waals surface area contributed by atoms with E-state index in [2.05, 4.69) is 15.8 Å². The second-order valence-electron chi connectivity index (χ2n) is 6.20. The number of ether oxygens (including phenoxy) is 2. The van der Waals surface area contributed by atoms with Gasteiger partial charge in [-0.1, -0.05) is 48.5 Å². The fourth-order valence-corrected chi connectivity index (χ4v) is 2.55. The van der Waals surface area contributed by atoms with Gasteiger partial charge in [-0.05, 0) is 29.8 Å². The minimum absolute atomic E-state index is 0.404. The average Bonchev–Trinajstić information content (AvgIpc) is 2.79. The van der Waals surface area contributed by atoms with Crippen LogP contribution >= 0.6 is 0 Å². The molecule has 7 nitrogen and oxygen atoms in total. The molecule has 0 fully saturated rings. The van der Waals surface area contributed by atoms with Crippen molar-refractivity contribution in [3.05, 3.63) is 90.0 Å². The lowest BCUT2D eigenvalue weighted by molar-refractivity contribution is -0.136. The molecule has 2 N–H and O–H groups in total. The van der Waals surface area contributed by atoms with Crippen molar-refractivity contribution >= 4 is 23.7 Å². The molecule has 2 amide bonds. The maximum absolute atomic E-state index is 12.0. The van der Waals surface area contributed by atoms with Gasteiger partial charge < -0.3 is 14.8 Å². The number of amides is 2. The van der Waals surface area contributed by atoms with Crippen LogP contribution in [0.25, 0.3) is 0 Å². The Labute approximate surface area is 174 Å². The first-order valence-electron chi connectivity index (χ1n) is 9.20. The largest absolute Gasteiger partial charge is 0.497 e. The fraction of sp³-hybridized carbons (Fsp3) is 0.0870. The number of carbonyl (C=O) groups is 2. The van der Waals surface area contributed by atoms with Gasteiger partial charge in [-0.3, -0.25) is 9.59 Å². The summed E-state index contributed by atoms with van der Waals surface area (Å²) in [5, 5.41) is 6.35. The molecule has 0 aliphatic carbocycles. The van der Waals surface area contributed by atoms with Crippen molar-refractivity contribution in [2.75, 3.05) is 12.4 Å². The van der Waals surface area contributed by atoms with Crippen molar-refractivity contribution in [3.8, 4) is 11.5 Å². The van der Waals surface area contributed by atoms with Crippen LogP contribution in [0, 0.1) is 0 Å². The van der Waals surface area contributed by atoms with E-state index in [1.165, 1.54) is 13.3 Å². The lowest BCUT2D eigenvalue weighted by atomic mass is 10.2. The molecule has 0 saturated heterocycles. The van der Waals surface area contributed by atoms with E-state index < -0.39 is 11.8 Å². The topological polar surface area (TPSA) is 89.0 Å². The molecule has 3 aromatic carbocycles. The van der Waals surface area contributed by atoms with E-state index in [9.17, 15) is 9.59 Å². The SMILES string of the molecule is COc1cccc(NC(=O)C(=O)N/N=C\c2ccccc2OCc2ccccc2)c1. The van der Waals surface area contributed by atoms with Crippen molar-refractivity contribution in [1.29, 1.82) is 0 Å². The maximum Gasteiger partial charge on any atom is 0.329 e. The summed E-state index contributed by atoms with van der Waals surface area (Å²) in [5.74, 6) is -0.552. The molecule has 0 atom stereocenters. The molecule has 152 valence electrons. The van der Waals surface area contributed by atoms with Crippen molar-refractivity contribution < 1.29 is 19.1 Å². The molecule has 0 aliphatic rings. The number of carbonyl (C=O) groups excluding carboxylic acids is 2. The first-order chi connectivity index (χ1) is 14.7. The van der Waals surface area contributed by atoms with Crippen LogP contribution in [0.15, 0.2) is 84.0 Å². The Morgan fingerprint density at radius 1 is 0.933 bits per heavy atom. The molecule has 3 aromatic rings. The minimum Gasteiger partial charge on any atom is -0.497 e. The highest BCUT2D eigenvalue weighted by atomic mass is 16.5. The summed E-state index contributed by atoms with van der Waals surface area (Å²) in [4.78, 5) is 24.0. The molecule has 0 aliphatic heterocycles. The van der Waals surface area contributed by atoms with Gasteiger partial charge in [0.2, 0.25) is 0 Å². The van der Waals surface area contributed by atoms with Crippen molar-refractivity contribution in [1.82, 2.24) is 5.43 Å². The van der Waals surface area contributed by atoms with E-state index in [1.54, 1.807) is 30.3 Å². The van der Waals surface area contributed by atoms with Gasteiger partial charge in [0.15, 0.2) is 0 Å². The number of hydrogen-bond donors (Lipinski definition) is 2. The summed E-state index contributed by atoms with van der Waals surface area (Å²) < 4.78 is 10.9. The normalized spacial score (nSPS) is 10.4. The number of nitrogens with one attached hydrogen (secondary N) is 2. The van der Waals surface area contributed by atoms with E-state index >= 15 is 0 Å². The molecule has 30 heavy (non-hydrogen) atoms. The minimum atomic E-state index is -0.892. The standard InChI is InChI=1S/C23H21N3O4/c1-29-20-12-7-11-19(14-20)25-22(27)23(28)26-24-15-18-10-5-6-13-21(18)30-16-17-8-3-2-4-9-17/h2-15H,16H2,1H3,(H,25,27)(H,26,28)/b24-15-. The molecule has 0 spiro atoms. The number of rotatable bonds is 7. The third kappa shape index (κ3) is 5.93. The summed E-state index contributed by atoms with van der Waals surface area (Å²) in [6.07, 6.45) is 1.43. The summed E-state index contributed by atoms with van der Waals surface area (Å²) in [6, 6.07) is 23.7. The highest BCUT2D eigenvalue weighted by Crippen LogP contribution is 2.18. The lowest BCUT2D eigenvalue weighted by Gasteiger charge is -2.09. The number of nitrogens with zero attached hydrogens (tertiary/aromatic N) is 1. The van der Waals surface area contributed by atoms with Crippen LogP contribution in [0.2, 0.25) is 0 Å². The van der Waals surface area contributed by atoms with Gasteiger partial charge >= 0.3 is 11.8 Å². The third-order valence-corrected chi connectivity index (χ3v) is 4.06. The number of hydrazone groups is 1. The highest BCUT2D eigenvalue weighted by molar-refractivity contribution is 6.39. The van der Waals surface area contributed by atoms with Gasteiger partial charge in [0.05, 0.1) is 13.3 Å². The average molecular weight is 403 g/mol. The zero-order chi connectivity index (χ0) is 21.2. The van der Waals surface area contributed by atoms with Gasteiger partial charge in [-0.2, -0.15) is 5.10 Å². The summed E-state index contributed by atoms with van der Waals surface area (Å²) in [6.45, 7) is 0.404. The fourth-order valence-electron chi connectivity index (χ4n) is 2.55. The van der Waals surface area contributed by atoms with E-state index in [-0.39, 0.29) is 0 Å². The van der Waals surface area contributed by atoms with Crippen LogP contribution in [0.3, 0.4) is 0 Å². The summed E-state index contributed by atoms with van der Waals surface area (Å²) >= 11 is 0. The molecule has 0 saturated carbocycles. The maximum atomic E-state index is 12.0. The third-order valence-electron chi connectivity index (χ3n) is 4.06. The van der Waals surface area contributed by atoms with Crippen LogP contribution in [-0.2, 0) is 16.2 Å². The number of anilines is 1. The lowest BCUT2D eigenvalue weighted by Crippen LogP contribution is -2.32. The van der Waals surface area contributed by atoms with Gasteiger partial charge in [0, 0.05) is 17.3 Å². The monoisotopic (exact) mass is 403 g/mol. The Morgan fingerprint density at radius 2 is 1.70 bits per heavy atom. The predicted molar refractivity (Wildman–Crippen MR) is 115 cm³/mol. The molecule has 0 unspecified atom stereocenters. The Morgan fingerprint density at radius 3 is 2.50 bits per heavy atom. The first kappa shape index (κ1) is 20.6. The molecule has 0 heterocycles. The van der Waals surface area contributed by atoms with Crippen molar-refractivity contribution in [3.63, 3.8) is 0 Å². The zero-order valence-electron chi connectivity index (χ0n) is 16.4. The van der Waals surface area contributed by atoms with E-state index in [0.29, 0.717) is 29.4 Å². The highest BCUT2D eigenvalue weighted by Gasteiger charge is 2.13. The van der Waals surface area contributed by atoms with Gasteiger partial charge in [-0.25, -0.2) is 5.43 Å². The van der Waals surface area contributed by atoms with Crippen LogP contribution in [0.5, 0.6) is 11.5 Å². The van der Waals surface area contributed by atoms with E-state index in [1.807, 2.05) is 48.5 Å². The van der Waals surface area contributed by atoms with Gasteiger partial charge in [0.1, 0.15) is 18.1 Å². The second-order valence-corrected chi connectivity index (χ2v) is 6.20. The number of para-hydroxylation sites is 1. The summed E-state index contributed by atoms with van der Waals surface area (Å²) in [7, 11) is 1.52. The van der Waals surface area contributed by atoms with Crippen molar-refractivity contribution in [2.24, 2.45) is 5.10 Å². The number of hydrogen-bond acceptors (Lipinski definition) is 5. The second kappa shape index (κ2) is 10.4. The Kier molecular flexibility index (Phi) is 7.16. The molecule has 7 heteroatoms. The Balaban J connectivity index is 1.56. The predicted octanol–water partition coefficient (Wildman–Crippen LogP) is 3.36. The van der Waals surface area contributed by atoms with Crippen LogP contribution in [0.4, 0.5) is 5.69 Å². The van der Waals surface area contributed by atoms with Gasteiger partial charge in [-0.15, -0.1) is 0 Å².